The summed E-state index contributed by atoms with van der Waals surface area (Å²) >= 11 is 0. The van der Waals surface area contributed by atoms with E-state index in [1.54, 1.807) is 12.4 Å². The van der Waals surface area contributed by atoms with Crippen LogP contribution >= 0.6 is 0 Å². The second-order valence-electron chi connectivity index (χ2n) is 11.8. The van der Waals surface area contributed by atoms with Gasteiger partial charge in [0, 0.05) is 54.7 Å². The zero-order chi connectivity index (χ0) is 29.4. The Labute approximate surface area is 245 Å². The van der Waals surface area contributed by atoms with Gasteiger partial charge in [0.25, 0.3) is 5.91 Å². The zero-order valence-electron chi connectivity index (χ0n) is 24.3. The van der Waals surface area contributed by atoms with Gasteiger partial charge in [0.15, 0.2) is 5.65 Å². The van der Waals surface area contributed by atoms with E-state index in [0.29, 0.717) is 30.3 Å². The van der Waals surface area contributed by atoms with E-state index in [2.05, 4.69) is 41.4 Å². The smallest absolute Gasteiger partial charge is 0.255 e. The van der Waals surface area contributed by atoms with Crippen molar-refractivity contribution >= 4 is 34.7 Å². The van der Waals surface area contributed by atoms with Crippen LogP contribution in [-0.2, 0) is 5.41 Å². The molecule has 0 radical (unpaired) electrons. The first kappa shape index (κ1) is 27.4. The fraction of sp³-hybridized carbons (Fsp3) is 0.273. The molecule has 0 bridgehead atoms. The first-order valence-electron chi connectivity index (χ1n) is 14.2. The van der Waals surface area contributed by atoms with Crippen molar-refractivity contribution in [3.05, 3.63) is 96.1 Å². The number of nitrogens with one attached hydrogen (secondary N) is 2. The van der Waals surface area contributed by atoms with E-state index in [1.807, 2.05) is 83.2 Å². The van der Waals surface area contributed by atoms with Crippen molar-refractivity contribution in [1.82, 2.24) is 19.4 Å². The lowest BCUT2D eigenvalue weighted by Gasteiger charge is -2.19. The van der Waals surface area contributed by atoms with Crippen LogP contribution in [0.3, 0.4) is 0 Å². The molecule has 42 heavy (non-hydrogen) atoms. The number of imidazole rings is 1. The van der Waals surface area contributed by atoms with Crippen LogP contribution in [0.25, 0.3) is 16.8 Å². The monoisotopic (exact) mass is 561 g/mol. The van der Waals surface area contributed by atoms with Gasteiger partial charge in [-0.3, -0.25) is 4.79 Å². The molecule has 1 amide bonds. The average molecular weight is 562 g/mol. The lowest BCUT2D eigenvalue weighted by atomic mass is 9.86. The Morgan fingerprint density at radius 2 is 1.83 bits per heavy atom. The molecule has 1 aliphatic rings. The molecular formula is C33H35N7O2. The van der Waals surface area contributed by atoms with Gasteiger partial charge in [-0.15, -0.1) is 0 Å². The highest BCUT2D eigenvalue weighted by molar-refractivity contribution is 6.05. The largest absolute Gasteiger partial charge is 0.391 e. The number of fused-ring (bicyclic) bond motifs is 1. The number of carbonyl (C=O) groups excluding carboxylic acids is 1. The number of amides is 1. The summed E-state index contributed by atoms with van der Waals surface area (Å²) in [6.07, 6.45) is 7.77. The number of anilines is 4. The normalized spacial score (nSPS) is 15.3. The Kier molecular flexibility index (Phi) is 7.12. The van der Waals surface area contributed by atoms with Crippen LogP contribution in [0.5, 0.6) is 0 Å². The highest BCUT2D eigenvalue weighted by atomic mass is 16.3. The Bertz CT molecular complexity index is 1760. The molecule has 3 aromatic heterocycles. The maximum atomic E-state index is 13.2. The number of aliphatic hydroxyl groups excluding tert-OH is 1. The number of hydrogen-bond acceptors (Lipinski definition) is 7. The summed E-state index contributed by atoms with van der Waals surface area (Å²) < 4.78 is 1.97. The minimum atomic E-state index is -0.357. The molecule has 0 spiro atoms. The van der Waals surface area contributed by atoms with Crippen molar-refractivity contribution < 1.29 is 9.90 Å². The van der Waals surface area contributed by atoms with Crippen molar-refractivity contribution in [2.45, 2.75) is 45.6 Å². The summed E-state index contributed by atoms with van der Waals surface area (Å²) in [5.74, 6) is 1.08. The van der Waals surface area contributed by atoms with E-state index in [9.17, 15) is 9.90 Å². The predicted octanol–water partition coefficient (Wildman–Crippen LogP) is 5.96. The summed E-state index contributed by atoms with van der Waals surface area (Å²) in [5, 5.41) is 16.5. The Hall–Kier alpha value is -4.76. The molecule has 9 heteroatoms. The number of nitrogens with zero attached hydrogens (tertiary/aromatic N) is 5. The third kappa shape index (κ3) is 5.56. The number of carbonyl (C=O) groups is 1. The quantitative estimate of drug-likeness (QED) is 0.235. The standard InChI is InChI=1S/C33H35N7O2/c1-21-26(6-5-7-27(21)37-31(42)22-8-10-24(11-9-22)33(2,3)4)23-18-28(30-34-15-17-39(30)19-23)36-29-12-14-35-32(38-29)40-16-13-25(41)20-40/h5-12,14-15,17-19,25,41H,13,16,20H2,1-4H3,(H,37,42)(H,35,36,38)/t25-/m1/s1. The molecule has 6 rings (SSSR count). The molecule has 0 aliphatic carbocycles. The van der Waals surface area contributed by atoms with Crippen LogP contribution in [0.4, 0.5) is 23.1 Å². The van der Waals surface area contributed by atoms with Crippen molar-refractivity contribution in [1.29, 1.82) is 0 Å². The first-order chi connectivity index (χ1) is 20.2. The molecule has 0 saturated carbocycles. The Balaban J connectivity index is 1.28. The van der Waals surface area contributed by atoms with Gasteiger partial charge >= 0.3 is 0 Å². The van der Waals surface area contributed by atoms with Crippen LogP contribution < -0.4 is 15.5 Å². The van der Waals surface area contributed by atoms with E-state index in [1.165, 1.54) is 5.56 Å². The number of aliphatic hydroxyl groups is 1. The van der Waals surface area contributed by atoms with Crippen LogP contribution in [0.15, 0.2) is 79.4 Å². The molecule has 214 valence electrons. The molecule has 1 aliphatic heterocycles. The fourth-order valence-corrected chi connectivity index (χ4v) is 5.30. The number of hydrogen-bond donors (Lipinski definition) is 3. The minimum absolute atomic E-state index is 0.0250. The van der Waals surface area contributed by atoms with Crippen molar-refractivity contribution in [2.24, 2.45) is 0 Å². The van der Waals surface area contributed by atoms with Crippen LogP contribution in [0.2, 0.25) is 0 Å². The number of benzene rings is 2. The number of pyridine rings is 1. The second-order valence-corrected chi connectivity index (χ2v) is 11.8. The molecule has 0 unspecified atom stereocenters. The Morgan fingerprint density at radius 3 is 2.57 bits per heavy atom. The predicted molar refractivity (Wildman–Crippen MR) is 167 cm³/mol. The van der Waals surface area contributed by atoms with Crippen molar-refractivity contribution in [3.8, 4) is 11.1 Å². The topological polar surface area (TPSA) is 108 Å². The summed E-state index contributed by atoms with van der Waals surface area (Å²) in [4.78, 5) is 28.8. The average Bonchev–Trinajstić information content (AvgIpc) is 3.63. The fourth-order valence-electron chi connectivity index (χ4n) is 5.30. The maximum absolute atomic E-state index is 13.2. The summed E-state index contributed by atoms with van der Waals surface area (Å²) in [6, 6.07) is 17.6. The van der Waals surface area contributed by atoms with Gasteiger partial charge in [0.2, 0.25) is 5.95 Å². The van der Waals surface area contributed by atoms with E-state index in [0.717, 1.165) is 40.3 Å². The number of rotatable bonds is 6. The first-order valence-corrected chi connectivity index (χ1v) is 14.2. The van der Waals surface area contributed by atoms with Gasteiger partial charge in [-0.05, 0) is 65.8 Å². The molecule has 2 aromatic carbocycles. The van der Waals surface area contributed by atoms with Gasteiger partial charge in [-0.25, -0.2) is 9.97 Å². The van der Waals surface area contributed by atoms with Crippen molar-refractivity contribution in [2.75, 3.05) is 28.6 Å². The lowest BCUT2D eigenvalue weighted by Crippen LogP contribution is -2.23. The molecule has 1 fully saturated rings. The lowest BCUT2D eigenvalue weighted by molar-refractivity contribution is 0.102. The van der Waals surface area contributed by atoms with E-state index < -0.39 is 0 Å². The maximum Gasteiger partial charge on any atom is 0.255 e. The molecular weight excluding hydrogens is 526 g/mol. The van der Waals surface area contributed by atoms with E-state index >= 15 is 0 Å². The number of β-amino-alcohol motifs (C(OH)–C–C–N with tert-alkyl or cyclic N) is 1. The molecule has 3 N–H and O–H groups in total. The molecule has 9 nitrogen and oxygen atoms in total. The van der Waals surface area contributed by atoms with Crippen LogP contribution in [0, 0.1) is 6.92 Å². The third-order valence-corrected chi connectivity index (χ3v) is 7.75. The van der Waals surface area contributed by atoms with Crippen molar-refractivity contribution in [3.63, 3.8) is 0 Å². The third-order valence-electron chi connectivity index (χ3n) is 7.75. The Morgan fingerprint density at radius 1 is 1.02 bits per heavy atom. The van der Waals surface area contributed by atoms with Gasteiger partial charge in [0.1, 0.15) is 5.82 Å². The van der Waals surface area contributed by atoms with Crippen LogP contribution in [-0.4, -0.2) is 49.6 Å². The summed E-state index contributed by atoms with van der Waals surface area (Å²) in [7, 11) is 0. The summed E-state index contributed by atoms with van der Waals surface area (Å²) in [6.45, 7) is 9.73. The molecule has 1 atom stereocenters. The minimum Gasteiger partial charge on any atom is -0.391 e. The second kappa shape index (κ2) is 10.9. The van der Waals surface area contributed by atoms with E-state index in [4.69, 9.17) is 4.98 Å². The van der Waals surface area contributed by atoms with Crippen LogP contribution in [0.1, 0.15) is 48.7 Å². The molecule has 1 saturated heterocycles. The van der Waals surface area contributed by atoms with Gasteiger partial charge in [-0.2, -0.15) is 4.98 Å². The number of aromatic nitrogens is 4. The van der Waals surface area contributed by atoms with Gasteiger partial charge in [0.05, 0.1) is 11.8 Å². The van der Waals surface area contributed by atoms with Gasteiger partial charge < -0.3 is 25.0 Å². The SMILES string of the molecule is Cc1c(NC(=O)c2ccc(C(C)(C)C)cc2)cccc1-c1cc(Nc2ccnc(N3CC[C@@H](O)C3)n2)c2nccn2c1. The summed E-state index contributed by atoms with van der Waals surface area (Å²) in [5.41, 5.74) is 7.04. The van der Waals surface area contributed by atoms with Gasteiger partial charge in [-0.1, -0.05) is 45.0 Å². The van der Waals surface area contributed by atoms with E-state index in [-0.39, 0.29) is 17.4 Å². The molecule has 4 heterocycles. The zero-order valence-corrected chi connectivity index (χ0v) is 24.3. The highest BCUT2D eigenvalue weighted by Gasteiger charge is 2.23. The molecule has 5 aromatic rings. The highest BCUT2D eigenvalue weighted by Crippen LogP contribution is 2.33.